The van der Waals surface area contributed by atoms with Crippen LogP contribution in [-0.4, -0.2) is 21.4 Å². The largest absolute Gasteiger partial charge is 0.495 e. The first-order chi connectivity index (χ1) is 13.9. The molecule has 0 N–H and O–H groups in total. The Kier molecular flexibility index (Phi) is 6.36. The molecule has 0 aliphatic heterocycles. The summed E-state index contributed by atoms with van der Waals surface area (Å²) in [6.45, 7) is 0. The van der Waals surface area contributed by atoms with Gasteiger partial charge in [0.15, 0.2) is 0 Å². The van der Waals surface area contributed by atoms with Crippen molar-refractivity contribution < 1.29 is 22.3 Å². The third-order valence-corrected chi connectivity index (χ3v) is 7.30. The number of amides is 1. The molecule has 1 aromatic heterocycles. The maximum atomic E-state index is 14.0. The van der Waals surface area contributed by atoms with Crippen LogP contribution in [0.4, 0.5) is 10.1 Å². The molecule has 1 amide bonds. The van der Waals surface area contributed by atoms with Crippen molar-refractivity contribution in [2.24, 2.45) is 0 Å². The van der Waals surface area contributed by atoms with Crippen LogP contribution in [0.25, 0.3) is 6.08 Å². The van der Waals surface area contributed by atoms with Crippen LogP contribution in [-0.2, 0) is 14.8 Å². The number of hydrogen-bond donors (Lipinski definition) is 0. The number of benzene rings is 2. The molecule has 0 atom stereocenters. The number of rotatable bonds is 6. The van der Waals surface area contributed by atoms with Crippen LogP contribution in [0.3, 0.4) is 0 Å². The van der Waals surface area contributed by atoms with Crippen LogP contribution in [0.5, 0.6) is 5.75 Å². The maximum Gasteiger partial charge on any atom is 0.280 e. The lowest BCUT2D eigenvalue weighted by Gasteiger charge is -2.22. The minimum Gasteiger partial charge on any atom is -0.495 e. The average molecular weight is 452 g/mol. The second-order valence-corrected chi connectivity index (χ2v) is 9.05. The summed E-state index contributed by atoms with van der Waals surface area (Å²) in [5, 5.41) is 1.69. The predicted molar refractivity (Wildman–Crippen MR) is 112 cm³/mol. The van der Waals surface area contributed by atoms with E-state index in [9.17, 15) is 17.6 Å². The zero-order valence-corrected chi connectivity index (χ0v) is 17.5. The van der Waals surface area contributed by atoms with E-state index in [1.807, 2.05) is 0 Å². The number of carbonyl (C=O) groups excluding carboxylic acids is 1. The van der Waals surface area contributed by atoms with E-state index in [-0.39, 0.29) is 26.2 Å². The van der Waals surface area contributed by atoms with Crippen molar-refractivity contribution >= 4 is 50.6 Å². The smallest absolute Gasteiger partial charge is 0.280 e. The van der Waals surface area contributed by atoms with E-state index in [1.165, 1.54) is 43.5 Å². The Morgan fingerprint density at radius 1 is 1.14 bits per heavy atom. The number of ether oxygens (including phenoxy) is 1. The predicted octanol–water partition coefficient (Wildman–Crippen LogP) is 4.98. The second-order valence-electron chi connectivity index (χ2n) is 5.68. The molecule has 29 heavy (non-hydrogen) atoms. The Labute approximate surface area is 176 Å². The number of methoxy groups -OCH3 is 1. The number of sulfonamides is 1. The Balaban J connectivity index is 2.11. The lowest BCUT2D eigenvalue weighted by Crippen LogP contribution is -2.35. The molecule has 0 radical (unpaired) electrons. The molecule has 0 spiro atoms. The molecule has 1 heterocycles. The Morgan fingerprint density at radius 2 is 1.90 bits per heavy atom. The number of halogens is 2. The van der Waals surface area contributed by atoms with Gasteiger partial charge in [0.1, 0.15) is 21.5 Å². The van der Waals surface area contributed by atoms with Crippen LogP contribution >= 0.6 is 22.9 Å². The van der Waals surface area contributed by atoms with Gasteiger partial charge in [-0.15, -0.1) is 11.3 Å². The minimum atomic E-state index is -4.22. The number of para-hydroxylation sites is 2. The van der Waals surface area contributed by atoms with Crippen LogP contribution < -0.4 is 9.04 Å². The Morgan fingerprint density at radius 3 is 2.55 bits per heavy atom. The highest BCUT2D eigenvalue weighted by Crippen LogP contribution is 2.34. The fraction of sp³-hybridized carbons (Fsp3) is 0.0500. The lowest BCUT2D eigenvalue weighted by molar-refractivity contribution is -0.113. The van der Waals surface area contributed by atoms with Crippen molar-refractivity contribution in [2.45, 2.75) is 4.21 Å². The second kappa shape index (κ2) is 8.77. The monoisotopic (exact) mass is 451 g/mol. The Hall–Kier alpha value is -2.68. The average Bonchev–Trinajstić information content (AvgIpc) is 3.24. The maximum absolute atomic E-state index is 14.0. The summed E-state index contributed by atoms with van der Waals surface area (Å²) in [6.07, 6.45) is 2.11. The summed E-state index contributed by atoms with van der Waals surface area (Å²) in [4.78, 5) is 13.0. The summed E-state index contributed by atoms with van der Waals surface area (Å²) >= 11 is 6.95. The fourth-order valence-electron chi connectivity index (χ4n) is 2.56. The van der Waals surface area contributed by atoms with Gasteiger partial charge in [0.2, 0.25) is 0 Å². The van der Waals surface area contributed by atoms with Gasteiger partial charge in [0.05, 0.1) is 12.1 Å². The first-order valence-corrected chi connectivity index (χ1v) is 10.9. The highest BCUT2D eigenvalue weighted by Gasteiger charge is 2.32. The van der Waals surface area contributed by atoms with E-state index >= 15 is 0 Å². The van der Waals surface area contributed by atoms with E-state index < -0.39 is 21.7 Å². The number of anilines is 1. The van der Waals surface area contributed by atoms with Crippen molar-refractivity contribution in [1.82, 2.24) is 0 Å². The first kappa shape index (κ1) is 21.0. The van der Waals surface area contributed by atoms with Gasteiger partial charge in [-0.1, -0.05) is 35.9 Å². The third kappa shape index (κ3) is 4.34. The molecule has 3 aromatic rings. The SMILES string of the molecule is COc1ccccc1N(C(=O)C=Cc1c(F)cccc1Cl)S(=O)(=O)c1cccs1. The standard InChI is InChI=1S/C20H15ClFNO4S2/c1-27-18-9-3-2-8-17(18)23(29(25,26)20-10-5-13-28-20)19(24)12-11-14-15(21)6-4-7-16(14)22/h2-13H,1H3. The highest BCUT2D eigenvalue weighted by atomic mass is 35.5. The molecule has 3 rings (SSSR count). The molecule has 0 saturated carbocycles. The van der Waals surface area contributed by atoms with E-state index in [0.717, 1.165) is 23.5 Å². The van der Waals surface area contributed by atoms with Gasteiger partial charge in [0.25, 0.3) is 15.9 Å². The molecule has 150 valence electrons. The summed E-state index contributed by atoms with van der Waals surface area (Å²) in [7, 11) is -2.85. The zero-order valence-electron chi connectivity index (χ0n) is 15.1. The number of thiophene rings is 1. The van der Waals surface area contributed by atoms with Crippen LogP contribution in [0, 0.1) is 5.82 Å². The number of nitrogens with zero attached hydrogens (tertiary/aromatic N) is 1. The van der Waals surface area contributed by atoms with Crippen molar-refractivity contribution in [3.63, 3.8) is 0 Å². The molecule has 0 aliphatic rings. The molecular formula is C20H15ClFNO4S2. The van der Waals surface area contributed by atoms with Crippen molar-refractivity contribution in [1.29, 1.82) is 0 Å². The molecule has 0 aliphatic carbocycles. The van der Waals surface area contributed by atoms with Gasteiger partial charge in [-0.05, 0) is 41.8 Å². The minimum absolute atomic E-state index is 0.0176. The number of hydrogen-bond acceptors (Lipinski definition) is 5. The summed E-state index contributed by atoms with van der Waals surface area (Å²) in [5.74, 6) is -1.34. The normalized spacial score (nSPS) is 11.6. The quantitative estimate of drug-likeness (QED) is 0.495. The van der Waals surface area contributed by atoms with Gasteiger partial charge in [0, 0.05) is 11.6 Å². The van der Waals surface area contributed by atoms with Crippen molar-refractivity contribution in [3.05, 3.63) is 82.5 Å². The van der Waals surface area contributed by atoms with E-state index in [0.29, 0.717) is 4.31 Å². The lowest BCUT2D eigenvalue weighted by atomic mass is 10.2. The molecule has 0 saturated heterocycles. The summed E-state index contributed by atoms with van der Waals surface area (Å²) < 4.78 is 46.2. The van der Waals surface area contributed by atoms with Gasteiger partial charge in [-0.25, -0.2) is 4.39 Å². The molecule has 2 aromatic carbocycles. The number of carbonyl (C=O) groups is 1. The third-order valence-electron chi connectivity index (χ3n) is 3.89. The molecule has 9 heteroatoms. The van der Waals surface area contributed by atoms with Crippen LogP contribution in [0.1, 0.15) is 5.56 Å². The van der Waals surface area contributed by atoms with Crippen molar-refractivity contribution in [2.75, 3.05) is 11.4 Å². The molecule has 0 fully saturated rings. The summed E-state index contributed by atoms with van der Waals surface area (Å²) in [5.41, 5.74) is 0.0219. The van der Waals surface area contributed by atoms with E-state index in [4.69, 9.17) is 16.3 Å². The molecule has 0 bridgehead atoms. The van der Waals surface area contributed by atoms with E-state index in [1.54, 1.807) is 23.6 Å². The fourth-order valence-corrected chi connectivity index (χ4v) is 5.25. The summed E-state index contributed by atoms with van der Waals surface area (Å²) in [6, 6.07) is 13.3. The molecule has 5 nitrogen and oxygen atoms in total. The molecular weight excluding hydrogens is 437 g/mol. The van der Waals surface area contributed by atoms with Gasteiger partial charge < -0.3 is 4.74 Å². The van der Waals surface area contributed by atoms with Gasteiger partial charge in [-0.3, -0.25) is 4.79 Å². The zero-order chi connectivity index (χ0) is 21.0. The topological polar surface area (TPSA) is 63.7 Å². The van der Waals surface area contributed by atoms with Crippen LogP contribution in [0.15, 0.2) is 70.3 Å². The van der Waals surface area contributed by atoms with Crippen molar-refractivity contribution in [3.8, 4) is 5.75 Å². The highest BCUT2D eigenvalue weighted by molar-refractivity contribution is 7.95. The van der Waals surface area contributed by atoms with E-state index in [2.05, 4.69) is 0 Å². The van der Waals surface area contributed by atoms with Gasteiger partial charge >= 0.3 is 0 Å². The Bertz CT molecular complexity index is 1140. The molecule has 0 unspecified atom stereocenters. The van der Waals surface area contributed by atoms with Crippen LogP contribution in [0.2, 0.25) is 5.02 Å². The first-order valence-electron chi connectivity index (χ1n) is 8.24. The van der Waals surface area contributed by atoms with Gasteiger partial charge in [-0.2, -0.15) is 12.7 Å².